The summed E-state index contributed by atoms with van der Waals surface area (Å²) in [5, 5.41) is 9.03. The summed E-state index contributed by atoms with van der Waals surface area (Å²) in [4.78, 5) is 41.9. The lowest BCUT2D eigenvalue weighted by Gasteiger charge is -2.39. The van der Waals surface area contributed by atoms with Gasteiger partial charge in [-0.1, -0.05) is 6.42 Å². The van der Waals surface area contributed by atoms with E-state index in [1.54, 1.807) is 25.1 Å². The summed E-state index contributed by atoms with van der Waals surface area (Å²) >= 11 is 0. The van der Waals surface area contributed by atoms with Crippen LogP contribution in [0, 0.1) is 11.2 Å². The monoisotopic (exact) mass is 583 g/mol. The third-order valence-electron chi connectivity index (χ3n) is 7.48. The standard InChI is InChI=1S/C29H34FN5O7/c1-28(26(38)42-29(25(31)37)11-3-2-4-12-29)16-40-24(41-17-28)23-34-21(18-6-8-19(30)9-7-18)22(35-23)20-10-13-32-27(33-20)39-15-5-14-36/h6-10,13,24,36H,2-5,11-12,14-17H2,1H3,(H2,31,37)(H,34,35). The fourth-order valence-electron chi connectivity index (χ4n) is 4.99. The van der Waals surface area contributed by atoms with Crippen LogP contribution in [0.5, 0.6) is 6.01 Å². The lowest BCUT2D eigenvalue weighted by molar-refractivity contribution is -0.243. The van der Waals surface area contributed by atoms with Crippen molar-refractivity contribution in [3.63, 3.8) is 0 Å². The van der Waals surface area contributed by atoms with Crippen LogP contribution in [0.1, 0.15) is 57.6 Å². The lowest BCUT2D eigenvalue weighted by atomic mass is 9.83. The average molecular weight is 584 g/mol. The largest absolute Gasteiger partial charge is 0.463 e. The predicted octanol–water partition coefficient (Wildman–Crippen LogP) is 3.22. The molecule has 1 saturated heterocycles. The highest BCUT2D eigenvalue weighted by molar-refractivity contribution is 5.88. The van der Waals surface area contributed by atoms with Crippen LogP contribution in [0.25, 0.3) is 22.6 Å². The number of hydrogen-bond acceptors (Lipinski definition) is 10. The van der Waals surface area contributed by atoms with E-state index < -0.39 is 35.0 Å². The molecule has 5 rings (SSSR count). The number of hydrogen-bond donors (Lipinski definition) is 3. The number of nitrogens with one attached hydrogen (secondary N) is 1. The smallest absolute Gasteiger partial charge is 0.317 e. The van der Waals surface area contributed by atoms with E-state index in [2.05, 4.69) is 15.0 Å². The van der Waals surface area contributed by atoms with Gasteiger partial charge in [0.05, 0.1) is 36.9 Å². The molecule has 1 aromatic carbocycles. The van der Waals surface area contributed by atoms with Gasteiger partial charge in [0.2, 0.25) is 6.29 Å². The molecule has 13 heteroatoms. The van der Waals surface area contributed by atoms with E-state index in [9.17, 15) is 14.0 Å². The van der Waals surface area contributed by atoms with E-state index in [1.165, 1.54) is 18.3 Å². The minimum absolute atomic E-state index is 0.0253. The van der Waals surface area contributed by atoms with Crippen molar-refractivity contribution in [2.45, 2.75) is 57.3 Å². The third-order valence-corrected chi connectivity index (χ3v) is 7.48. The zero-order valence-electron chi connectivity index (χ0n) is 23.3. The number of aromatic amines is 1. The maximum Gasteiger partial charge on any atom is 0.317 e. The lowest BCUT2D eigenvalue weighted by Crippen LogP contribution is -2.53. The van der Waals surface area contributed by atoms with Crippen LogP contribution in [-0.4, -0.2) is 68.9 Å². The second-order valence-corrected chi connectivity index (χ2v) is 10.8. The maximum absolute atomic E-state index is 13.7. The first-order valence-electron chi connectivity index (χ1n) is 13.9. The van der Waals surface area contributed by atoms with Crippen molar-refractivity contribution in [3.8, 4) is 28.7 Å². The molecule has 0 unspecified atom stereocenters. The van der Waals surface area contributed by atoms with E-state index in [0.29, 0.717) is 47.7 Å². The Morgan fingerprint density at radius 3 is 2.50 bits per heavy atom. The highest BCUT2D eigenvalue weighted by atomic mass is 19.1. The van der Waals surface area contributed by atoms with Gasteiger partial charge in [-0.05, 0) is 62.9 Å². The highest BCUT2D eigenvalue weighted by Gasteiger charge is 2.48. The summed E-state index contributed by atoms with van der Waals surface area (Å²) in [6.07, 6.45) is 4.25. The number of primary amides is 1. The molecule has 2 aliphatic rings. The Labute approximate surface area is 241 Å². The summed E-state index contributed by atoms with van der Waals surface area (Å²) in [6.45, 7) is 1.76. The molecule has 0 spiro atoms. The first-order chi connectivity index (χ1) is 20.2. The number of rotatable bonds is 10. The molecule has 1 amide bonds. The Morgan fingerprint density at radius 2 is 1.83 bits per heavy atom. The van der Waals surface area contributed by atoms with E-state index in [0.717, 1.165) is 19.3 Å². The van der Waals surface area contributed by atoms with Crippen LogP contribution < -0.4 is 10.5 Å². The number of imidazole rings is 1. The van der Waals surface area contributed by atoms with Crippen LogP contribution >= 0.6 is 0 Å². The van der Waals surface area contributed by atoms with E-state index in [4.69, 9.17) is 34.8 Å². The molecule has 2 fully saturated rings. The van der Waals surface area contributed by atoms with Crippen molar-refractivity contribution in [2.75, 3.05) is 26.4 Å². The second kappa shape index (κ2) is 12.5. The molecule has 12 nitrogen and oxygen atoms in total. The van der Waals surface area contributed by atoms with Crippen LogP contribution in [0.3, 0.4) is 0 Å². The number of aromatic nitrogens is 4. The van der Waals surface area contributed by atoms with Gasteiger partial charge >= 0.3 is 12.0 Å². The first kappa shape index (κ1) is 29.5. The molecule has 1 saturated carbocycles. The first-order valence-corrected chi connectivity index (χ1v) is 13.9. The normalized spacial score (nSPS) is 21.9. The average Bonchev–Trinajstić information content (AvgIpc) is 3.44. The van der Waals surface area contributed by atoms with Crippen LogP contribution in [-0.2, 0) is 23.8 Å². The van der Waals surface area contributed by atoms with Gasteiger partial charge in [0.1, 0.15) is 11.2 Å². The molecule has 3 aromatic rings. The van der Waals surface area contributed by atoms with Crippen molar-refractivity contribution in [1.29, 1.82) is 0 Å². The zero-order chi connectivity index (χ0) is 29.7. The fraction of sp³-hybridized carbons (Fsp3) is 0.483. The number of aliphatic hydroxyl groups is 1. The van der Waals surface area contributed by atoms with Gasteiger partial charge in [-0.2, -0.15) is 4.98 Å². The zero-order valence-corrected chi connectivity index (χ0v) is 23.3. The van der Waals surface area contributed by atoms with Crippen LogP contribution in [0.2, 0.25) is 0 Å². The van der Waals surface area contributed by atoms with Gasteiger partial charge in [-0.3, -0.25) is 9.59 Å². The Kier molecular flexibility index (Phi) is 8.80. The topological polar surface area (TPSA) is 172 Å². The molecular formula is C29H34FN5O7. The van der Waals surface area contributed by atoms with Crippen molar-refractivity contribution < 1.29 is 38.0 Å². The van der Waals surface area contributed by atoms with Gasteiger partial charge in [0.15, 0.2) is 11.4 Å². The van der Waals surface area contributed by atoms with Gasteiger partial charge in [-0.25, -0.2) is 14.4 Å². The van der Waals surface area contributed by atoms with Gasteiger partial charge in [-0.15, -0.1) is 0 Å². The minimum atomic E-state index is -1.31. The number of H-pyrrole nitrogens is 1. The number of carbonyl (C=O) groups is 2. The number of aliphatic hydroxyl groups excluding tert-OH is 1. The highest BCUT2D eigenvalue weighted by Crippen LogP contribution is 2.38. The number of amides is 1. The second-order valence-electron chi connectivity index (χ2n) is 10.8. The minimum Gasteiger partial charge on any atom is -0.463 e. The maximum atomic E-state index is 13.7. The molecular weight excluding hydrogens is 549 g/mol. The number of esters is 1. The molecule has 224 valence electrons. The van der Waals surface area contributed by atoms with Gasteiger partial charge in [0, 0.05) is 24.8 Å². The molecule has 42 heavy (non-hydrogen) atoms. The summed E-state index contributed by atoms with van der Waals surface area (Å²) in [5.74, 6) is -1.34. The summed E-state index contributed by atoms with van der Waals surface area (Å²) in [7, 11) is 0. The van der Waals surface area contributed by atoms with Crippen molar-refractivity contribution in [3.05, 3.63) is 48.2 Å². The fourth-order valence-corrected chi connectivity index (χ4v) is 4.99. The molecule has 0 atom stereocenters. The summed E-state index contributed by atoms with van der Waals surface area (Å²) in [6, 6.07) is 7.62. The molecule has 0 radical (unpaired) electrons. The number of benzene rings is 1. The van der Waals surface area contributed by atoms with E-state index in [-0.39, 0.29) is 32.4 Å². The van der Waals surface area contributed by atoms with Crippen LogP contribution in [0.4, 0.5) is 4.39 Å². The molecule has 4 N–H and O–H groups in total. The molecule has 1 aliphatic heterocycles. The predicted molar refractivity (Wildman–Crippen MR) is 146 cm³/mol. The van der Waals surface area contributed by atoms with Gasteiger partial charge < -0.3 is 34.8 Å². The Hall–Kier alpha value is -3.94. The number of nitrogens with two attached hydrogens (primary N) is 1. The Bertz CT molecular complexity index is 1400. The summed E-state index contributed by atoms with van der Waals surface area (Å²) < 4.78 is 36.9. The number of nitrogens with zero attached hydrogens (tertiary/aromatic N) is 3. The Balaban J connectivity index is 1.36. The van der Waals surface area contributed by atoms with E-state index in [1.807, 2.05) is 0 Å². The van der Waals surface area contributed by atoms with Crippen molar-refractivity contribution in [1.82, 2.24) is 19.9 Å². The van der Waals surface area contributed by atoms with Gasteiger partial charge in [0.25, 0.3) is 5.91 Å². The van der Waals surface area contributed by atoms with Crippen LogP contribution in [0.15, 0.2) is 36.5 Å². The number of halogens is 1. The molecule has 1 aliphatic carbocycles. The summed E-state index contributed by atoms with van der Waals surface area (Å²) in [5.41, 5.74) is 5.19. The molecule has 3 heterocycles. The van der Waals surface area contributed by atoms with Crippen molar-refractivity contribution in [2.24, 2.45) is 11.1 Å². The molecule has 2 aromatic heterocycles. The number of ether oxygens (including phenoxy) is 4. The molecule has 0 bridgehead atoms. The SMILES string of the molecule is CC1(C(=O)OC2(C(N)=O)CCCCC2)COC(c2nc(-c3ccc(F)cc3)c(-c3ccnc(OCCCO)n3)[nH]2)OC1. The van der Waals surface area contributed by atoms with Crippen molar-refractivity contribution >= 4 is 11.9 Å². The quantitative estimate of drug-likeness (QED) is 0.238. The third kappa shape index (κ3) is 6.27. The number of carbonyl (C=O) groups excluding carboxylic acids is 2. The Morgan fingerprint density at radius 1 is 1.12 bits per heavy atom. The van der Waals surface area contributed by atoms with E-state index >= 15 is 0 Å².